The lowest BCUT2D eigenvalue weighted by atomic mass is 10.2. The Hall–Kier alpha value is -3.61. The Morgan fingerprint density at radius 3 is 2.80 bits per heavy atom. The fourth-order valence-electron chi connectivity index (χ4n) is 3.74. The van der Waals surface area contributed by atoms with Crippen LogP contribution in [0.3, 0.4) is 0 Å². The first-order valence-electron chi connectivity index (χ1n) is 9.91. The summed E-state index contributed by atoms with van der Waals surface area (Å²) in [5, 5.41) is 8.95. The van der Waals surface area contributed by atoms with Crippen molar-refractivity contribution in [2.75, 3.05) is 7.11 Å². The Labute approximate surface area is 173 Å². The molecule has 0 radical (unpaired) electrons. The van der Waals surface area contributed by atoms with Crippen LogP contribution in [0, 0.1) is 0 Å². The highest BCUT2D eigenvalue weighted by Crippen LogP contribution is 2.26. The zero-order chi connectivity index (χ0) is 21.1. The van der Waals surface area contributed by atoms with Crippen LogP contribution in [0.1, 0.15) is 18.4 Å². The molecule has 0 bridgehead atoms. The van der Waals surface area contributed by atoms with Gasteiger partial charge in [-0.05, 0) is 30.2 Å². The average molecular weight is 404 g/mol. The van der Waals surface area contributed by atoms with Crippen molar-refractivity contribution in [2.45, 2.75) is 25.9 Å². The van der Waals surface area contributed by atoms with Gasteiger partial charge in [0.25, 0.3) is 5.56 Å². The van der Waals surface area contributed by atoms with Gasteiger partial charge in [0.1, 0.15) is 11.3 Å². The molecular formula is C23H24N4O3. The Balaban J connectivity index is 1.46. The van der Waals surface area contributed by atoms with E-state index >= 15 is 0 Å². The minimum absolute atomic E-state index is 0.0202. The standard InChI is InChI=1S/C23H24N4O3/c1-26-23(29)22-19(15-25-26)18-9-3-4-10-20(18)27(22)12-6-11-21(28)24-14-16-7-5-8-17(13-16)30-2/h3-5,7-10,13,15H,6,11-12,14H2,1-2H3,(H,24,28). The van der Waals surface area contributed by atoms with Crippen molar-refractivity contribution in [2.24, 2.45) is 7.05 Å². The molecule has 1 amide bonds. The summed E-state index contributed by atoms with van der Waals surface area (Å²) in [7, 11) is 3.27. The van der Waals surface area contributed by atoms with E-state index in [0.717, 1.165) is 27.6 Å². The lowest BCUT2D eigenvalue weighted by Gasteiger charge is -2.09. The highest BCUT2D eigenvalue weighted by molar-refractivity contribution is 6.07. The second kappa shape index (κ2) is 8.41. The van der Waals surface area contributed by atoms with Crippen molar-refractivity contribution in [3.63, 3.8) is 0 Å². The molecule has 7 nitrogen and oxygen atoms in total. The molecule has 0 atom stereocenters. The number of aromatic nitrogens is 3. The Bertz CT molecular complexity index is 1270. The third kappa shape index (κ3) is 3.78. The molecule has 0 saturated heterocycles. The maximum Gasteiger partial charge on any atom is 0.291 e. The number of nitrogens with one attached hydrogen (secondary N) is 1. The largest absolute Gasteiger partial charge is 0.497 e. The van der Waals surface area contributed by atoms with Gasteiger partial charge >= 0.3 is 0 Å². The molecule has 2 aromatic carbocycles. The van der Waals surface area contributed by atoms with Gasteiger partial charge in [0.2, 0.25) is 5.91 Å². The first-order valence-corrected chi connectivity index (χ1v) is 9.91. The first-order chi connectivity index (χ1) is 14.6. The van der Waals surface area contributed by atoms with Crippen molar-refractivity contribution >= 4 is 27.7 Å². The fourth-order valence-corrected chi connectivity index (χ4v) is 3.74. The number of carbonyl (C=O) groups is 1. The molecular weight excluding hydrogens is 380 g/mol. The number of nitrogens with zero attached hydrogens (tertiary/aromatic N) is 3. The van der Waals surface area contributed by atoms with Gasteiger partial charge in [0, 0.05) is 42.8 Å². The first kappa shape index (κ1) is 19.7. The Morgan fingerprint density at radius 1 is 1.13 bits per heavy atom. The predicted molar refractivity (Wildman–Crippen MR) is 117 cm³/mol. The average Bonchev–Trinajstić information content (AvgIpc) is 3.09. The number of rotatable bonds is 7. The molecule has 0 aliphatic carbocycles. The number of methoxy groups -OCH3 is 1. The molecule has 7 heteroatoms. The lowest BCUT2D eigenvalue weighted by molar-refractivity contribution is -0.121. The van der Waals surface area contributed by atoms with Gasteiger partial charge in [-0.3, -0.25) is 9.59 Å². The molecule has 0 aliphatic rings. The van der Waals surface area contributed by atoms with Crippen LogP contribution in [0.5, 0.6) is 5.75 Å². The number of ether oxygens (including phenoxy) is 1. The van der Waals surface area contributed by atoms with Crippen LogP contribution < -0.4 is 15.6 Å². The van der Waals surface area contributed by atoms with E-state index in [2.05, 4.69) is 10.4 Å². The van der Waals surface area contributed by atoms with Gasteiger partial charge in [0.05, 0.1) is 13.3 Å². The highest BCUT2D eigenvalue weighted by atomic mass is 16.5. The van der Waals surface area contributed by atoms with E-state index in [9.17, 15) is 9.59 Å². The summed E-state index contributed by atoms with van der Waals surface area (Å²) in [6.45, 7) is 1.04. The molecule has 2 aromatic heterocycles. The van der Waals surface area contributed by atoms with Crippen molar-refractivity contribution in [3.8, 4) is 5.75 Å². The summed E-state index contributed by atoms with van der Waals surface area (Å²) in [5.41, 5.74) is 2.46. The topological polar surface area (TPSA) is 78.2 Å². The Kier molecular flexibility index (Phi) is 5.52. The summed E-state index contributed by atoms with van der Waals surface area (Å²) in [5.74, 6) is 0.748. The van der Waals surface area contributed by atoms with Crippen LogP contribution in [0.2, 0.25) is 0 Å². The van der Waals surface area contributed by atoms with Crippen LogP contribution in [0.25, 0.3) is 21.8 Å². The zero-order valence-corrected chi connectivity index (χ0v) is 17.1. The molecule has 0 aliphatic heterocycles. The molecule has 154 valence electrons. The second-order valence-corrected chi connectivity index (χ2v) is 7.24. The van der Waals surface area contributed by atoms with Crippen LogP contribution in [-0.2, 0) is 24.9 Å². The van der Waals surface area contributed by atoms with Gasteiger partial charge in [0.15, 0.2) is 0 Å². The van der Waals surface area contributed by atoms with E-state index in [1.165, 1.54) is 4.68 Å². The van der Waals surface area contributed by atoms with E-state index in [1.54, 1.807) is 20.4 Å². The van der Waals surface area contributed by atoms with Gasteiger partial charge in [-0.2, -0.15) is 5.10 Å². The maximum atomic E-state index is 12.7. The lowest BCUT2D eigenvalue weighted by Crippen LogP contribution is -2.23. The number of para-hydroxylation sites is 1. The van der Waals surface area contributed by atoms with Crippen LogP contribution in [-0.4, -0.2) is 27.4 Å². The molecule has 0 spiro atoms. The molecule has 2 heterocycles. The van der Waals surface area contributed by atoms with E-state index < -0.39 is 0 Å². The normalized spacial score (nSPS) is 11.1. The van der Waals surface area contributed by atoms with Gasteiger partial charge in [-0.1, -0.05) is 30.3 Å². The van der Waals surface area contributed by atoms with Crippen LogP contribution >= 0.6 is 0 Å². The molecule has 0 saturated carbocycles. The number of hydrogen-bond donors (Lipinski definition) is 1. The summed E-state index contributed by atoms with van der Waals surface area (Å²) in [6.07, 6.45) is 2.74. The van der Waals surface area contributed by atoms with Crippen LogP contribution in [0.15, 0.2) is 59.5 Å². The maximum absolute atomic E-state index is 12.7. The van der Waals surface area contributed by atoms with Crippen molar-refractivity contribution in [1.82, 2.24) is 19.7 Å². The minimum atomic E-state index is -0.133. The number of fused-ring (bicyclic) bond motifs is 3. The molecule has 1 N–H and O–H groups in total. The second-order valence-electron chi connectivity index (χ2n) is 7.24. The quantitative estimate of drug-likeness (QED) is 0.514. The van der Waals surface area contributed by atoms with E-state index in [-0.39, 0.29) is 11.5 Å². The zero-order valence-electron chi connectivity index (χ0n) is 17.1. The predicted octanol–water partition coefficient (Wildman–Crippen LogP) is 2.99. The van der Waals surface area contributed by atoms with E-state index in [0.29, 0.717) is 31.4 Å². The molecule has 0 unspecified atom stereocenters. The molecule has 4 rings (SSSR count). The third-order valence-corrected chi connectivity index (χ3v) is 5.28. The number of carbonyl (C=O) groups excluding carboxylic acids is 1. The highest BCUT2D eigenvalue weighted by Gasteiger charge is 2.15. The smallest absolute Gasteiger partial charge is 0.291 e. The van der Waals surface area contributed by atoms with Gasteiger partial charge in [-0.15, -0.1) is 0 Å². The monoisotopic (exact) mass is 404 g/mol. The molecule has 4 aromatic rings. The summed E-state index contributed by atoms with van der Waals surface area (Å²) in [6, 6.07) is 15.5. The molecule has 0 fully saturated rings. The number of benzene rings is 2. The van der Waals surface area contributed by atoms with Crippen molar-refractivity contribution < 1.29 is 9.53 Å². The third-order valence-electron chi connectivity index (χ3n) is 5.28. The minimum Gasteiger partial charge on any atom is -0.497 e. The summed E-state index contributed by atoms with van der Waals surface area (Å²) < 4.78 is 8.56. The summed E-state index contributed by atoms with van der Waals surface area (Å²) >= 11 is 0. The van der Waals surface area contributed by atoms with Gasteiger partial charge < -0.3 is 14.6 Å². The number of aryl methyl sites for hydroxylation is 2. The Morgan fingerprint density at radius 2 is 1.97 bits per heavy atom. The number of hydrogen-bond acceptors (Lipinski definition) is 4. The number of amides is 1. The van der Waals surface area contributed by atoms with Crippen molar-refractivity contribution in [1.29, 1.82) is 0 Å². The summed E-state index contributed by atoms with van der Waals surface area (Å²) in [4.78, 5) is 25.0. The van der Waals surface area contributed by atoms with E-state index in [1.807, 2.05) is 53.1 Å². The van der Waals surface area contributed by atoms with Crippen LogP contribution in [0.4, 0.5) is 0 Å². The SMILES string of the molecule is COc1cccc(CNC(=O)CCCn2c3ccccc3c3cnn(C)c(=O)c32)c1. The molecule has 30 heavy (non-hydrogen) atoms. The van der Waals surface area contributed by atoms with Gasteiger partial charge in [-0.25, -0.2) is 4.68 Å². The fraction of sp³-hybridized carbons (Fsp3) is 0.261. The van der Waals surface area contributed by atoms with E-state index in [4.69, 9.17) is 4.74 Å². The van der Waals surface area contributed by atoms with Crippen molar-refractivity contribution in [3.05, 3.63) is 70.6 Å².